The first kappa shape index (κ1) is 16.8. The number of aromatic carboxylic acids is 2. The summed E-state index contributed by atoms with van der Waals surface area (Å²) in [5, 5.41) is 16.7. The smallest absolute Gasteiger partial charge is 0.337 e. The summed E-state index contributed by atoms with van der Waals surface area (Å²) in [4.78, 5) is 27.6. The fourth-order valence-electron chi connectivity index (χ4n) is 0.979. The molecule has 0 spiro atoms. The number of carbonyl (C=O) groups is 2. The van der Waals surface area contributed by atoms with Crippen LogP contribution in [0.15, 0.2) is 49.1 Å². The van der Waals surface area contributed by atoms with Crippen LogP contribution in [-0.2, 0) is 17.1 Å². The normalized spacial score (nSPS) is 8.42. The summed E-state index contributed by atoms with van der Waals surface area (Å²) in [5.74, 6) is -1.88. The predicted molar refractivity (Wildman–Crippen MR) is 62.4 cm³/mol. The van der Waals surface area contributed by atoms with Crippen molar-refractivity contribution in [2.75, 3.05) is 0 Å². The van der Waals surface area contributed by atoms with Crippen molar-refractivity contribution in [2.45, 2.75) is 0 Å². The van der Waals surface area contributed by atoms with E-state index in [1.165, 1.54) is 36.9 Å². The van der Waals surface area contributed by atoms with Crippen LogP contribution in [0.5, 0.6) is 0 Å². The third-order valence-corrected chi connectivity index (χ3v) is 1.82. The van der Waals surface area contributed by atoms with Crippen molar-refractivity contribution in [2.24, 2.45) is 0 Å². The number of carboxylic acid groups (broad SMARTS) is 2. The van der Waals surface area contributed by atoms with Crippen molar-refractivity contribution in [3.05, 3.63) is 60.2 Å². The quantitative estimate of drug-likeness (QED) is 0.816. The molecular weight excluding hydrogens is 300 g/mol. The zero-order valence-corrected chi connectivity index (χ0v) is 10.5. The topological polar surface area (TPSA) is 100 Å². The third kappa shape index (κ3) is 6.30. The molecule has 103 valence electrons. The van der Waals surface area contributed by atoms with E-state index >= 15 is 0 Å². The molecule has 7 heteroatoms. The minimum Gasteiger partial charge on any atom is -0.478 e. The van der Waals surface area contributed by atoms with Gasteiger partial charge in [-0.1, -0.05) is 0 Å². The zero-order valence-electron chi connectivity index (χ0n) is 9.53. The fourth-order valence-corrected chi connectivity index (χ4v) is 0.979. The molecule has 2 rings (SSSR count). The van der Waals surface area contributed by atoms with E-state index in [0.717, 1.165) is 0 Å². The standard InChI is InChI=1S/2C6H5NO2.Cu/c2*8-6(9)5-2-1-3-7-4-5;/h2*1-4H,(H,8,9);. The number of hydrogen-bond donors (Lipinski definition) is 2. The first-order valence-corrected chi connectivity index (χ1v) is 4.88. The second kappa shape index (κ2) is 8.79. The van der Waals surface area contributed by atoms with Crippen LogP contribution in [0.2, 0.25) is 0 Å². The Bertz CT molecular complexity index is 470. The molecular formula is C12H10CuN2O4. The number of nitrogens with zero attached hydrogens (tertiary/aromatic N) is 2. The van der Waals surface area contributed by atoms with Gasteiger partial charge in [-0.25, -0.2) is 9.59 Å². The minimum atomic E-state index is -0.942. The Hall–Kier alpha value is -2.24. The number of pyridine rings is 2. The van der Waals surface area contributed by atoms with Gasteiger partial charge >= 0.3 is 11.9 Å². The molecule has 2 aromatic rings. The van der Waals surface area contributed by atoms with Gasteiger partial charge < -0.3 is 10.2 Å². The van der Waals surface area contributed by atoms with Crippen LogP contribution in [0.4, 0.5) is 0 Å². The van der Waals surface area contributed by atoms with Crippen LogP contribution in [0, 0.1) is 0 Å². The molecule has 0 aliphatic rings. The summed E-state index contributed by atoms with van der Waals surface area (Å²) < 4.78 is 0. The summed E-state index contributed by atoms with van der Waals surface area (Å²) in [6, 6.07) is 6.16. The molecule has 0 aliphatic carbocycles. The second-order valence-electron chi connectivity index (χ2n) is 3.09. The Morgan fingerprint density at radius 2 is 1.21 bits per heavy atom. The Morgan fingerprint density at radius 3 is 1.37 bits per heavy atom. The van der Waals surface area contributed by atoms with Gasteiger partial charge in [0.25, 0.3) is 0 Å². The molecule has 6 nitrogen and oxygen atoms in total. The van der Waals surface area contributed by atoms with Gasteiger partial charge in [-0.05, 0) is 24.3 Å². The molecule has 0 unspecified atom stereocenters. The summed E-state index contributed by atoms with van der Waals surface area (Å²) >= 11 is 0. The Morgan fingerprint density at radius 1 is 0.842 bits per heavy atom. The fraction of sp³-hybridized carbons (Fsp3) is 0. The van der Waals surface area contributed by atoms with E-state index in [4.69, 9.17) is 10.2 Å². The van der Waals surface area contributed by atoms with Gasteiger partial charge in [0.2, 0.25) is 0 Å². The molecule has 2 aromatic heterocycles. The van der Waals surface area contributed by atoms with Gasteiger partial charge in [-0.3, -0.25) is 9.97 Å². The van der Waals surface area contributed by atoms with Crippen molar-refractivity contribution in [1.82, 2.24) is 9.97 Å². The predicted octanol–water partition coefficient (Wildman–Crippen LogP) is 1.56. The van der Waals surface area contributed by atoms with Crippen molar-refractivity contribution < 1.29 is 36.9 Å². The molecule has 0 atom stereocenters. The maximum atomic E-state index is 10.2. The molecule has 0 saturated heterocycles. The molecule has 0 fully saturated rings. The van der Waals surface area contributed by atoms with Gasteiger partial charge in [0.1, 0.15) is 0 Å². The van der Waals surface area contributed by atoms with Gasteiger partial charge in [0, 0.05) is 41.9 Å². The Labute approximate surface area is 119 Å². The van der Waals surface area contributed by atoms with E-state index in [1.54, 1.807) is 12.1 Å². The van der Waals surface area contributed by atoms with Crippen molar-refractivity contribution >= 4 is 11.9 Å². The van der Waals surface area contributed by atoms with Gasteiger partial charge in [-0.2, -0.15) is 0 Å². The SMILES string of the molecule is O=C(O)c1cccnc1.O=C(O)c1cccnc1.[Cu]. The molecule has 0 bridgehead atoms. The number of aromatic nitrogens is 2. The zero-order chi connectivity index (χ0) is 13.4. The molecule has 1 radical (unpaired) electrons. The molecule has 2 heterocycles. The van der Waals surface area contributed by atoms with Crippen LogP contribution in [0.1, 0.15) is 20.7 Å². The maximum Gasteiger partial charge on any atom is 0.337 e. The summed E-state index contributed by atoms with van der Waals surface area (Å²) in [7, 11) is 0. The molecule has 0 aromatic carbocycles. The largest absolute Gasteiger partial charge is 0.478 e. The average molecular weight is 310 g/mol. The first-order chi connectivity index (χ1) is 8.61. The summed E-state index contributed by atoms with van der Waals surface area (Å²) in [6.07, 6.45) is 5.68. The van der Waals surface area contributed by atoms with E-state index in [2.05, 4.69) is 9.97 Å². The van der Waals surface area contributed by atoms with E-state index in [0.29, 0.717) is 0 Å². The van der Waals surface area contributed by atoms with Gasteiger partial charge in [0.05, 0.1) is 11.1 Å². The van der Waals surface area contributed by atoms with Crippen molar-refractivity contribution in [1.29, 1.82) is 0 Å². The number of carboxylic acids is 2. The van der Waals surface area contributed by atoms with Crippen molar-refractivity contribution in [3.8, 4) is 0 Å². The van der Waals surface area contributed by atoms with Crippen LogP contribution in [0.25, 0.3) is 0 Å². The monoisotopic (exact) mass is 309 g/mol. The van der Waals surface area contributed by atoms with Crippen LogP contribution >= 0.6 is 0 Å². The average Bonchev–Trinajstić information content (AvgIpc) is 2.41. The molecule has 0 aliphatic heterocycles. The second-order valence-corrected chi connectivity index (χ2v) is 3.09. The van der Waals surface area contributed by atoms with E-state index < -0.39 is 11.9 Å². The Balaban J connectivity index is 0.000000324. The van der Waals surface area contributed by atoms with Crippen LogP contribution in [-0.4, -0.2) is 32.1 Å². The van der Waals surface area contributed by atoms with Crippen LogP contribution < -0.4 is 0 Å². The van der Waals surface area contributed by atoms with Gasteiger partial charge in [0.15, 0.2) is 0 Å². The van der Waals surface area contributed by atoms with Gasteiger partial charge in [-0.15, -0.1) is 0 Å². The summed E-state index contributed by atoms with van der Waals surface area (Å²) in [5.41, 5.74) is 0.440. The van der Waals surface area contributed by atoms with Crippen LogP contribution in [0.3, 0.4) is 0 Å². The number of rotatable bonds is 2. The number of hydrogen-bond acceptors (Lipinski definition) is 4. The van der Waals surface area contributed by atoms with E-state index in [-0.39, 0.29) is 28.2 Å². The van der Waals surface area contributed by atoms with E-state index in [1.807, 2.05) is 0 Å². The van der Waals surface area contributed by atoms with Crippen molar-refractivity contribution in [3.63, 3.8) is 0 Å². The summed E-state index contributed by atoms with van der Waals surface area (Å²) in [6.45, 7) is 0. The van der Waals surface area contributed by atoms with E-state index in [9.17, 15) is 9.59 Å². The molecule has 0 saturated carbocycles. The molecule has 19 heavy (non-hydrogen) atoms. The maximum absolute atomic E-state index is 10.2. The third-order valence-electron chi connectivity index (χ3n) is 1.82. The first-order valence-electron chi connectivity index (χ1n) is 4.88. The molecule has 0 amide bonds. The minimum absolute atomic E-state index is 0. The molecule has 2 N–H and O–H groups in total. The Kier molecular flexibility index (Phi) is 7.76.